The Kier molecular flexibility index (Phi) is 23.5. The third kappa shape index (κ3) is 18.3. The van der Waals surface area contributed by atoms with Gasteiger partial charge in [0.15, 0.2) is 0 Å². The molecule has 11 nitrogen and oxygen atoms in total. The molecule has 79 heavy (non-hydrogen) atoms. The molecule has 0 aromatic heterocycles. The zero-order valence-electron chi connectivity index (χ0n) is 47.2. The number of anilines is 6. The summed E-state index contributed by atoms with van der Waals surface area (Å²) in [6, 6.07) is 50.0. The van der Waals surface area contributed by atoms with Crippen LogP contribution in [0, 0.1) is 0 Å². The van der Waals surface area contributed by atoms with E-state index in [-0.39, 0.29) is 23.9 Å². The highest BCUT2D eigenvalue weighted by Crippen LogP contribution is 2.39. The van der Waals surface area contributed by atoms with Crippen LogP contribution >= 0.6 is 0 Å². The van der Waals surface area contributed by atoms with Crippen molar-refractivity contribution < 1.29 is 42.9 Å². The van der Waals surface area contributed by atoms with Crippen LogP contribution < -0.4 is 14.5 Å². The normalized spacial score (nSPS) is 11.9. The molecule has 0 aliphatic carbocycles. The van der Waals surface area contributed by atoms with Gasteiger partial charge in [0.1, 0.15) is 11.5 Å². The summed E-state index contributed by atoms with van der Waals surface area (Å²) in [5.74, 6) is 0.225. The number of carbonyl (C=O) groups is 4. The number of rotatable bonds is 28. The minimum absolute atomic E-state index is 0.284. The first kappa shape index (κ1) is 59.8. The number of carbonyl (C=O) groups excluding carboxylic acids is 4. The largest absolute Gasteiger partial charge is 0.462 e. The number of hydrogen-bond acceptors (Lipinski definition) is 11. The van der Waals surface area contributed by atoms with Crippen molar-refractivity contribution in [1.29, 1.82) is 0 Å². The van der Waals surface area contributed by atoms with Crippen LogP contribution in [-0.4, -0.2) is 50.3 Å². The van der Waals surface area contributed by atoms with E-state index in [0.717, 1.165) is 82.1 Å². The Morgan fingerprint density at radius 2 is 0.506 bits per heavy atom. The molecule has 6 rings (SSSR count). The number of allylic oxidation sites excluding steroid dienone is 4. The Hall–Kier alpha value is -8.44. The van der Waals surface area contributed by atoms with Crippen LogP contribution in [0.1, 0.15) is 103 Å². The molecule has 6 aromatic rings. The highest BCUT2D eigenvalue weighted by atomic mass is 16.5. The van der Waals surface area contributed by atoms with Gasteiger partial charge in [0, 0.05) is 56.4 Å². The van der Waals surface area contributed by atoms with E-state index in [1.165, 1.54) is 0 Å². The average molecular weight is 1070 g/mol. The van der Waals surface area contributed by atoms with E-state index in [2.05, 4.69) is 131 Å². The van der Waals surface area contributed by atoms with E-state index < -0.39 is 0 Å². The second-order valence-corrected chi connectivity index (χ2v) is 19.3. The lowest BCUT2D eigenvalue weighted by Crippen LogP contribution is -2.10. The van der Waals surface area contributed by atoms with Gasteiger partial charge in [-0.25, -0.2) is 19.2 Å². The van der Waals surface area contributed by atoms with Crippen molar-refractivity contribution in [3.05, 3.63) is 214 Å². The molecule has 0 fully saturated rings. The molecule has 0 heterocycles. The van der Waals surface area contributed by atoms with E-state index in [1.54, 1.807) is 52.0 Å². The first-order chi connectivity index (χ1) is 38.3. The van der Waals surface area contributed by atoms with Crippen molar-refractivity contribution in [3.63, 3.8) is 0 Å². The molecule has 0 aliphatic heterocycles. The summed E-state index contributed by atoms with van der Waals surface area (Å²) in [7, 11) is 0. The summed E-state index contributed by atoms with van der Waals surface area (Å²) in [6.07, 6.45) is 13.0. The lowest BCUT2D eigenvalue weighted by Gasteiger charge is -2.26. The molecule has 0 radical (unpaired) electrons. The van der Waals surface area contributed by atoms with Gasteiger partial charge in [0.05, 0.1) is 26.4 Å². The lowest BCUT2D eigenvalue weighted by atomic mass is 10.1. The Balaban J connectivity index is 1.18. The molecule has 0 amide bonds. The smallest absolute Gasteiger partial charge is 0.333 e. The van der Waals surface area contributed by atoms with Gasteiger partial charge < -0.3 is 33.5 Å². The summed E-state index contributed by atoms with van der Waals surface area (Å²) in [5.41, 5.74) is 12.8. The summed E-state index contributed by atoms with van der Waals surface area (Å²) in [6.45, 7) is 15.7. The predicted molar refractivity (Wildman–Crippen MR) is 317 cm³/mol. The minimum atomic E-state index is -0.284. The molecule has 0 bridgehead atoms. The van der Waals surface area contributed by atoms with E-state index in [4.69, 9.17) is 23.7 Å². The average Bonchev–Trinajstić information content (AvgIpc) is 3.53. The van der Waals surface area contributed by atoms with Gasteiger partial charge in [-0.3, -0.25) is 0 Å². The van der Waals surface area contributed by atoms with Gasteiger partial charge in [0.25, 0.3) is 0 Å². The standard InChI is InChI=1S/C68H76N2O9/c1-9-49(5)65(71)75-45-13-17-53-21-29-57(30-22-53)69(58-31-23-54(24-32-58)18-14-46-76-66(72)50(6)10-2)61-37-41-63(42-38-61)79-64-43-39-62(40-44-64)70(59-33-25-55(26-34-59)19-15-47-77-67(73)51(7)11-3)60-35-27-56(28-36-60)20-16-48-78-68(74)52(8)12-4/h9-12,21-44H,13-20,45-48H2,1-8H3/b49-9+,50-10+,51-11+,52-12+. The van der Waals surface area contributed by atoms with Crippen LogP contribution in [0.25, 0.3) is 0 Å². The zero-order chi connectivity index (χ0) is 56.5. The van der Waals surface area contributed by atoms with Crippen molar-refractivity contribution in [2.24, 2.45) is 0 Å². The first-order valence-corrected chi connectivity index (χ1v) is 27.3. The third-order valence-electron chi connectivity index (χ3n) is 13.6. The molecule has 0 unspecified atom stereocenters. The molecule has 0 N–H and O–H groups in total. The highest BCUT2D eigenvalue weighted by molar-refractivity contribution is 5.89. The Labute approximate surface area is 467 Å². The number of nitrogens with zero attached hydrogens (tertiary/aromatic N) is 2. The van der Waals surface area contributed by atoms with Gasteiger partial charge in [-0.2, -0.15) is 0 Å². The van der Waals surface area contributed by atoms with Crippen LogP contribution in [0.15, 0.2) is 192 Å². The minimum Gasteiger partial charge on any atom is -0.462 e. The fourth-order valence-corrected chi connectivity index (χ4v) is 8.30. The second kappa shape index (κ2) is 31.1. The monoisotopic (exact) mass is 1060 g/mol. The molecule has 0 saturated carbocycles. The molecule has 0 saturated heterocycles. The molecule has 412 valence electrons. The maximum Gasteiger partial charge on any atom is 0.333 e. The van der Waals surface area contributed by atoms with Crippen LogP contribution in [0.5, 0.6) is 11.5 Å². The highest BCUT2D eigenvalue weighted by Gasteiger charge is 2.17. The summed E-state index contributed by atoms with van der Waals surface area (Å²) in [4.78, 5) is 53.0. The van der Waals surface area contributed by atoms with Crippen molar-refractivity contribution >= 4 is 58.0 Å². The fourth-order valence-electron chi connectivity index (χ4n) is 8.30. The topological polar surface area (TPSA) is 121 Å². The first-order valence-electron chi connectivity index (χ1n) is 27.3. The Morgan fingerprint density at radius 3 is 0.696 bits per heavy atom. The SMILES string of the molecule is C/C=C(\C)C(=O)OCCCc1ccc(N(c2ccc(CCCOC(=O)/C(C)=C/C)cc2)c2ccc(Oc3ccc(N(c4ccc(CCCOC(=O)/C(C)=C/C)cc4)c4ccc(CCCOC(=O)/C(C)=C/C)cc4)cc3)cc2)cc1. The number of benzene rings is 6. The summed E-state index contributed by atoms with van der Waals surface area (Å²) >= 11 is 0. The van der Waals surface area contributed by atoms with Gasteiger partial charge in [0.2, 0.25) is 0 Å². The van der Waals surface area contributed by atoms with Gasteiger partial charge in [-0.1, -0.05) is 72.8 Å². The van der Waals surface area contributed by atoms with Crippen LogP contribution in [0.4, 0.5) is 34.1 Å². The van der Waals surface area contributed by atoms with Crippen molar-refractivity contribution in [1.82, 2.24) is 0 Å². The zero-order valence-corrected chi connectivity index (χ0v) is 47.2. The number of hydrogen-bond donors (Lipinski definition) is 0. The molecule has 0 aliphatic rings. The molecular weight excluding hydrogens is 989 g/mol. The van der Waals surface area contributed by atoms with Crippen molar-refractivity contribution in [2.45, 2.75) is 107 Å². The van der Waals surface area contributed by atoms with Crippen LogP contribution in [-0.2, 0) is 63.8 Å². The van der Waals surface area contributed by atoms with Crippen LogP contribution in [0.2, 0.25) is 0 Å². The maximum atomic E-state index is 12.1. The quantitative estimate of drug-likeness (QED) is 0.0202. The summed E-state index contributed by atoms with van der Waals surface area (Å²) in [5, 5.41) is 0. The van der Waals surface area contributed by atoms with Crippen molar-refractivity contribution in [2.75, 3.05) is 36.2 Å². The number of aryl methyl sites for hydroxylation is 4. The predicted octanol–water partition coefficient (Wildman–Crippen LogP) is 16.2. The second-order valence-electron chi connectivity index (χ2n) is 19.3. The van der Waals surface area contributed by atoms with E-state index in [9.17, 15) is 19.2 Å². The maximum absolute atomic E-state index is 12.1. The Morgan fingerprint density at radius 1 is 0.316 bits per heavy atom. The number of esters is 4. The van der Waals surface area contributed by atoms with Gasteiger partial charge in [-0.15, -0.1) is 0 Å². The summed E-state index contributed by atoms with van der Waals surface area (Å²) < 4.78 is 28.2. The lowest BCUT2D eigenvalue weighted by molar-refractivity contribution is -0.139. The Bertz CT molecular complexity index is 2670. The van der Waals surface area contributed by atoms with E-state index in [0.29, 0.717) is 85.9 Å². The van der Waals surface area contributed by atoms with Gasteiger partial charge in [-0.05, 0) is 226 Å². The molecule has 0 spiro atoms. The molecule has 6 aromatic carbocycles. The van der Waals surface area contributed by atoms with E-state index >= 15 is 0 Å². The number of ether oxygens (including phenoxy) is 5. The third-order valence-corrected chi connectivity index (χ3v) is 13.6. The fraction of sp³-hybridized carbons (Fsp3) is 0.294. The molecular formula is C68H76N2O9. The van der Waals surface area contributed by atoms with Crippen LogP contribution in [0.3, 0.4) is 0 Å². The van der Waals surface area contributed by atoms with Gasteiger partial charge >= 0.3 is 23.9 Å². The van der Waals surface area contributed by atoms with Crippen molar-refractivity contribution in [3.8, 4) is 11.5 Å². The molecule has 0 atom stereocenters. The van der Waals surface area contributed by atoms with E-state index in [1.807, 2.05) is 52.0 Å². The molecule has 11 heteroatoms.